The summed E-state index contributed by atoms with van der Waals surface area (Å²) in [5, 5.41) is -0.334. The average molecular weight is 293 g/mol. The van der Waals surface area contributed by atoms with Crippen LogP contribution < -0.4 is 9.47 Å². The van der Waals surface area contributed by atoms with Crippen LogP contribution in [-0.4, -0.2) is 13.7 Å². The Morgan fingerprint density at radius 3 is 2.85 bits per heavy atom. The Labute approximate surface area is 122 Å². The van der Waals surface area contributed by atoms with E-state index in [1.54, 1.807) is 12.1 Å². The highest BCUT2D eigenvalue weighted by Gasteiger charge is 2.31. The quantitative estimate of drug-likeness (QED) is 0.786. The smallest absolute Gasteiger partial charge is 0.165 e. The van der Waals surface area contributed by atoms with Crippen molar-refractivity contribution in [1.82, 2.24) is 0 Å². The maximum atomic E-state index is 13.8. The number of halogens is 2. The number of benzene rings is 2. The van der Waals surface area contributed by atoms with Crippen molar-refractivity contribution in [3.05, 3.63) is 59.4 Å². The number of alkyl halides is 1. The Morgan fingerprint density at radius 2 is 2.10 bits per heavy atom. The van der Waals surface area contributed by atoms with Gasteiger partial charge in [0, 0.05) is 11.5 Å². The summed E-state index contributed by atoms with van der Waals surface area (Å²) >= 11 is 6.52. The van der Waals surface area contributed by atoms with Crippen LogP contribution in [0.3, 0.4) is 0 Å². The second kappa shape index (κ2) is 5.33. The molecule has 1 heterocycles. The zero-order valence-corrected chi connectivity index (χ0v) is 11.7. The molecule has 0 radical (unpaired) electrons. The minimum Gasteiger partial charge on any atom is -0.494 e. The molecule has 0 aromatic heterocycles. The first-order valence-electron chi connectivity index (χ1n) is 6.40. The molecule has 2 nitrogen and oxygen atoms in total. The van der Waals surface area contributed by atoms with Gasteiger partial charge in [0.1, 0.15) is 5.75 Å². The molecule has 1 aliphatic rings. The van der Waals surface area contributed by atoms with Crippen molar-refractivity contribution in [1.29, 1.82) is 0 Å². The molecule has 1 aliphatic heterocycles. The first kappa shape index (κ1) is 13.3. The van der Waals surface area contributed by atoms with Gasteiger partial charge in [-0.3, -0.25) is 0 Å². The molecule has 0 saturated carbocycles. The van der Waals surface area contributed by atoms with E-state index in [0.29, 0.717) is 6.61 Å². The van der Waals surface area contributed by atoms with Gasteiger partial charge in [-0.05, 0) is 23.8 Å². The predicted octanol–water partition coefficient (Wildman–Crippen LogP) is 4.29. The molecular weight excluding hydrogens is 279 g/mol. The standard InChI is InChI=1S/C16H14ClFO2/c1-19-15-7-6-10(8-13(15)18)16(17)12-9-20-14-5-3-2-4-11(12)14/h2-8,12,16H,9H2,1H3. The predicted molar refractivity (Wildman–Crippen MR) is 76.2 cm³/mol. The molecule has 0 amide bonds. The van der Waals surface area contributed by atoms with E-state index in [-0.39, 0.29) is 17.0 Å². The van der Waals surface area contributed by atoms with Gasteiger partial charge in [-0.25, -0.2) is 4.39 Å². The molecule has 0 spiro atoms. The second-order valence-corrected chi connectivity index (χ2v) is 5.22. The molecule has 0 aliphatic carbocycles. The third-order valence-corrected chi connectivity index (χ3v) is 4.14. The molecule has 20 heavy (non-hydrogen) atoms. The van der Waals surface area contributed by atoms with Crippen LogP contribution in [0.15, 0.2) is 42.5 Å². The van der Waals surface area contributed by atoms with Gasteiger partial charge in [0.2, 0.25) is 0 Å². The number of hydrogen-bond acceptors (Lipinski definition) is 2. The Balaban J connectivity index is 1.90. The fourth-order valence-electron chi connectivity index (χ4n) is 2.52. The minimum atomic E-state index is -0.400. The summed E-state index contributed by atoms with van der Waals surface area (Å²) in [5.41, 5.74) is 1.80. The topological polar surface area (TPSA) is 18.5 Å². The Kier molecular flexibility index (Phi) is 3.53. The van der Waals surface area contributed by atoms with Gasteiger partial charge in [0.25, 0.3) is 0 Å². The van der Waals surface area contributed by atoms with E-state index in [1.165, 1.54) is 13.2 Å². The maximum Gasteiger partial charge on any atom is 0.165 e. The molecule has 0 saturated heterocycles. The normalized spacial score (nSPS) is 18.2. The van der Waals surface area contributed by atoms with Crippen LogP contribution in [0.4, 0.5) is 4.39 Å². The number of rotatable bonds is 3. The first-order valence-corrected chi connectivity index (χ1v) is 6.83. The van der Waals surface area contributed by atoms with Crippen LogP contribution in [0.2, 0.25) is 0 Å². The molecule has 0 fully saturated rings. The van der Waals surface area contributed by atoms with Crippen molar-refractivity contribution in [2.24, 2.45) is 0 Å². The van der Waals surface area contributed by atoms with E-state index in [1.807, 2.05) is 24.3 Å². The molecule has 2 unspecified atom stereocenters. The highest BCUT2D eigenvalue weighted by atomic mass is 35.5. The fraction of sp³-hybridized carbons (Fsp3) is 0.250. The first-order chi connectivity index (χ1) is 9.70. The number of fused-ring (bicyclic) bond motifs is 1. The number of hydrogen-bond donors (Lipinski definition) is 0. The SMILES string of the molecule is COc1ccc(C(Cl)C2COc3ccccc32)cc1F. The molecule has 0 N–H and O–H groups in total. The Morgan fingerprint density at radius 1 is 1.30 bits per heavy atom. The largest absolute Gasteiger partial charge is 0.494 e. The van der Waals surface area contributed by atoms with E-state index >= 15 is 0 Å². The van der Waals surface area contributed by atoms with Crippen LogP contribution in [-0.2, 0) is 0 Å². The van der Waals surface area contributed by atoms with Gasteiger partial charge >= 0.3 is 0 Å². The van der Waals surface area contributed by atoms with Gasteiger partial charge in [-0.1, -0.05) is 24.3 Å². The van der Waals surface area contributed by atoms with Gasteiger partial charge in [0.15, 0.2) is 11.6 Å². The summed E-state index contributed by atoms with van der Waals surface area (Å²) in [6, 6.07) is 12.6. The molecule has 4 heteroatoms. The molecule has 3 rings (SSSR count). The second-order valence-electron chi connectivity index (χ2n) is 4.75. The lowest BCUT2D eigenvalue weighted by atomic mass is 9.93. The molecule has 0 bridgehead atoms. The summed E-state index contributed by atoms with van der Waals surface area (Å²) in [6.07, 6.45) is 0. The molecular formula is C16H14ClFO2. The molecule has 2 aromatic rings. The van der Waals surface area contributed by atoms with Gasteiger partial charge in [-0.2, -0.15) is 0 Å². The summed E-state index contributed by atoms with van der Waals surface area (Å²) in [5.74, 6) is 0.710. The van der Waals surface area contributed by atoms with Crippen molar-refractivity contribution in [2.75, 3.05) is 13.7 Å². The fourth-order valence-corrected chi connectivity index (χ4v) is 2.86. The highest BCUT2D eigenvalue weighted by Crippen LogP contribution is 2.44. The molecule has 2 aromatic carbocycles. The van der Waals surface area contributed by atoms with Crippen molar-refractivity contribution in [3.8, 4) is 11.5 Å². The van der Waals surface area contributed by atoms with Crippen LogP contribution >= 0.6 is 11.6 Å². The van der Waals surface area contributed by atoms with E-state index in [9.17, 15) is 4.39 Å². The zero-order valence-electron chi connectivity index (χ0n) is 11.0. The lowest BCUT2D eigenvalue weighted by Gasteiger charge is -2.17. The van der Waals surface area contributed by atoms with E-state index < -0.39 is 5.82 Å². The summed E-state index contributed by atoms with van der Waals surface area (Å²) < 4.78 is 24.3. The van der Waals surface area contributed by atoms with Crippen LogP contribution in [0, 0.1) is 5.82 Å². The highest BCUT2D eigenvalue weighted by molar-refractivity contribution is 6.21. The third-order valence-electron chi connectivity index (χ3n) is 3.58. The average Bonchev–Trinajstić information content (AvgIpc) is 2.90. The van der Waals surface area contributed by atoms with Crippen LogP contribution in [0.5, 0.6) is 11.5 Å². The zero-order chi connectivity index (χ0) is 14.1. The lowest BCUT2D eigenvalue weighted by Crippen LogP contribution is -2.08. The van der Waals surface area contributed by atoms with Crippen LogP contribution in [0.1, 0.15) is 22.4 Å². The van der Waals surface area contributed by atoms with Gasteiger partial charge < -0.3 is 9.47 Å². The summed E-state index contributed by atoms with van der Waals surface area (Å²) in [4.78, 5) is 0. The van der Waals surface area contributed by atoms with Crippen molar-refractivity contribution < 1.29 is 13.9 Å². The molecule has 104 valence electrons. The number of ether oxygens (including phenoxy) is 2. The van der Waals surface area contributed by atoms with E-state index in [4.69, 9.17) is 21.1 Å². The van der Waals surface area contributed by atoms with Crippen molar-refractivity contribution in [3.63, 3.8) is 0 Å². The van der Waals surface area contributed by atoms with Crippen molar-refractivity contribution in [2.45, 2.75) is 11.3 Å². The van der Waals surface area contributed by atoms with Crippen molar-refractivity contribution >= 4 is 11.6 Å². The van der Waals surface area contributed by atoms with E-state index in [0.717, 1.165) is 16.9 Å². The van der Waals surface area contributed by atoms with Gasteiger partial charge in [-0.15, -0.1) is 11.6 Å². The van der Waals surface area contributed by atoms with Crippen LogP contribution in [0.25, 0.3) is 0 Å². The van der Waals surface area contributed by atoms with E-state index in [2.05, 4.69) is 0 Å². The number of methoxy groups -OCH3 is 1. The Bertz CT molecular complexity index is 630. The summed E-state index contributed by atoms with van der Waals surface area (Å²) in [6.45, 7) is 0.515. The molecule has 2 atom stereocenters. The van der Waals surface area contributed by atoms with Gasteiger partial charge in [0.05, 0.1) is 19.1 Å². The minimum absolute atomic E-state index is 0.0284. The lowest BCUT2D eigenvalue weighted by molar-refractivity contribution is 0.327. The maximum absolute atomic E-state index is 13.8. The Hall–Kier alpha value is -1.74. The number of para-hydroxylation sites is 1. The third kappa shape index (κ3) is 2.22. The monoisotopic (exact) mass is 292 g/mol. The summed E-state index contributed by atoms with van der Waals surface area (Å²) in [7, 11) is 1.44.